The molecule has 5 rings (SSSR count). The highest BCUT2D eigenvalue weighted by molar-refractivity contribution is 5.87. The lowest BCUT2D eigenvalue weighted by Gasteiger charge is -2.31. The number of aromatic nitrogens is 2. The van der Waals surface area contributed by atoms with Gasteiger partial charge < -0.3 is 20.3 Å². The minimum Gasteiger partial charge on any atom is -0.493 e. The zero-order chi connectivity index (χ0) is 28.4. The van der Waals surface area contributed by atoms with Crippen LogP contribution in [0.1, 0.15) is 31.2 Å². The van der Waals surface area contributed by atoms with Gasteiger partial charge in [0.25, 0.3) is 0 Å². The number of piperidine rings is 1. The van der Waals surface area contributed by atoms with Gasteiger partial charge in [0, 0.05) is 55.9 Å². The largest absolute Gasteiger partial charge is 0.493 e. The normalized spacial score (nSPS) is 17.3. The zero-order valence-electron chi connectivity index (χ0n) is 23.9. The molecule has 2 aliphatic rings. The number of anilines is 3. The molecule has 0 unspecified atom stereocenters. The van der Waals surface area contributed by atoms with Crippen molar-refractivity contribution in [2.24, 2.45) is 5.92 Å². The van der Waals surface area contributed by atoms with Crippen LogP contribution in [0.25, 0.3) is 11.3 Å². The number of carbonyl (C=O) groups excluding carboxylic acids is 1. The number of carbonyl (C=O) groups is 1. The average Bonchev–Trinajstić information content (AvgIpc) is 2.98. The van der Waals surface area contributed by atoms with Crippen molar-refractivity contribution in [3.8, 4) is 17.0 Å². The molecule has 0 atom stereocenters. The second kappa shape index (κ2) is 13.9. The van der Waals surface area contributed by atoms with Gasteiger partial charge in [-0.25, -0.2) is 9.97 Å². The Morgan fingerprint density at radius 2 is 2.05 bits per heavy atom. The Morgan fingerprint density at radius 1 is 1.17 bits per heavy atom. The molecule has 8 heteroatoms. The fourth-order valence-electron chi connectivity index (χ4n) is 5.40. The summed E-state index contributed by atoms with van der Waals surface area (Å²) in [6, 6.07) is 16.5. The summed E-state index contributed by atoms with van der Waals surface area (Å²) < 4.78 is 5.98. The second-order valence-electron chi connectivity index (χ2n) is 10.8. The number of nitrogens with one attached hydrogen (secondary N) is 2. The molecule has 0 saturated carbocycles. The molecule has 3 aromatic rings. The summed E-state index contributed by atoms with van der Waals surface area (Å²) in [5.74, 6) is 2.04. The predicted octanol–water partition coefficient (Wildman–Crippen LogP) is 5.88. The lowest BCUT2D eigenvalue weighted by molar-refractivity contribution is -0.127. The molecule has 1 amide bonds. The van der Waals surface area contributed by atoms with E-state index in [1.807, 2.05) is 35.2 Å². The van der Waals surface area contributed by atoms with Gasteiger partial charge in [0.2, 0.25) is 11.9 Å². The molecular weight excluding hydrogens is 512 g/mol. The molecule has 1 fully saturated rings. The number of rotatable bonds is 5. The minimum atomic E-state index is 0.0409. The zero-order valence-corrected chi connectivity index (χ0v) is 23.9. The predicted molar refractivity (Wildman–Crippen MR) is 165 cm³/mol. The van der Waals surface area contributed by atoms with Crippen LogP contribution in [0.15, 0.2) is 79.5 Å². The third-order valence-electron chi connectivity index (χ3n) is 7.61. The molecule has 2 aliphatic heterocycles. The number of hydrogen-bond donors (Lipinski definition) is 2. The molecule has 1 aromatic heterocycles. The number of amides is 1. The second-order valence-corrected chi connectivity index (χ2v) is 10.8. The van der Waals surface area contributed by atoms with Crippen molar-refractivity contribution < 1.29 is 9.53 Å². The maximum Gasteiger partial charge on any atom is 0.245 e. The lowest BCUT2D eigenvalue weighted by Crippen LogP contribution is -2.37. The van der Waals surface area contributed by atoms with Crippen molar-refractivity contribution in [2.45, 2.75) is 32.2 Å². The first kappa shape index (κ1) is 28.4. The van der Waals surface area contributed by atoms with Crippen LogP contribution in [0.2, 0.25) is 0 Å². The van der Waals surface area contributed by atoms with Crippen LogP contribution in [0.4, 0.5) is 17.3 Å². The number of likely N-dealkylation sites (N-methyl/N-ethyl adjacent to an activating group) is 1. The van der Waals surface area contributed by atoms with Crippen molar-refractivity contribution in [3.63, 3.8) is 0 Å². The lowest BCUT2D eigenvalue weighted by atomic mass is 9.93. The molecule has 8 nitrogen and oxygen atoms in total. The molecule has 0 aliphatic carbocycles. The summed E-state index contributed by atoms with van der Waals surface area (Å²) in [7, 11) is 2.13. The fraction of sp³-hybridized carbons (Fsp3) is 0.364. The number of likely N-dealkylation sites (tertiary alicyclic amines) is 1. The fourth-order valence-corrected chi connectivity index (χ4v) is 5.40. The minimum absolute atomic E-state index is 0.0409. The van der Waals surface area contributed by atoms with Gasteiger partial charge >= 0.3 is 0 Å². The number of nitrogens with zero attached hydrogens (tertiary/aromatic N) is 4. The van der Waals surface area contributed by atoms with Crippen LogP contribution in [0, 0.1) is 5.92 Å². The maximum atomic E-state index is 11.9. The number of fused-ring (bicyclic) bond motifs is 7. The van der Waals surface area contributed by atoms with Crippen LogP contribution in [0.3, 0.4) is 0 Å². The van der Waals surface area contributed by atoms with Crippen LogP contribution >= 0.6 is 0 Å². The summed E-state index contributed by atoms with van der Waals surface area (Å²) >= 11 is 0. The van der Waals surface area contributed by atoms with Crippen LogP contribution in [0.5, 0.6) is 5.75 Å². The summed E-state index contributed by atoms with van der Waals surface area (Å²) in [4.78, 5) is 25.4. The van der Waals surface area contributed by atoms with Crippen molar-refractivity contribution in [1.82, 2.24) is 19.8 Å². The number of ether oxygens (including phenoxy) is 1. The molecule has 2 aromatic carbocycles. The smallest absolute Gasteiger partial charge is 0.245 e. The summed E-state index contributed by atoms with van der Waals surface area (Å²) in [6.45, 7) is 8.42. The molecule has 0 spiro atoms. The Hall–Kier alpha value is -4.17. The Balaban J connectivity index is 1.32. The van der Waals surface area contributed by atoms with Crippen LogP contribution in [-0.2, 0) is 11.3 Å². The topological polar surface area (TPSA) is 82.6 Å². The Bertz CT molecular complexity index is 1370. The SMILES string of the molecule is C=CC(=O)N1CCC(CCNc2cc3cc(c2)Nc2nccc(n2)-c2cccc(c2)OCC/C=C/CN(C)C3)CC1. The molecule has 214 valence electrons. The van der Waals surface area contributed by atoms with E-state index in [4.69, 9.17) is 9.72 Å². The highest BCUT2D eigenvalue weighted by Gasteiger charge is 2.21. The van der Waals surface area contributed by atoms with Crippen molar-refractivity contribution in [3.05, 3.63) is 85.1 Å². The molecule has 3 heterocycles. The third kappa shape index (κ3) is 8.17. The van der Waals surface area contributed by atoms with Crippen molar-refractivity contribution in [2.75, 3.05) is 50.5 Å². The van der Waals surface area contributed by atoms with Gasteiger partial charge in [-0.2, -0.15) is 0 Å². The van der Waals surface area contributed by atoms with E-state index in [0.717, 1.165) is 86.8 Å². The maximum absolute atomic E-state index is 11.9. The first-order valence-electron chi connectivity index (χ1n) is 14.5. The summed E-state index contributed by atoms with van der Waals surface area (Å²) in [5, 5.41) is 7.10. The van der Waals surface area contributed by atoms with E-state index in [0.29, 0.717) is 18.5 Å². The number of benzene rings is 2. The van der Waals surface area contributed by atoms with Crippen LogP contribution in [-0.4, -0.2) is 65.5 Å². The highest BCUT2D eigenvalue weighted by Crippen LogP contribution is 2.27. The summed E-state index contributed by atoms with van der Waals surface area (Å²) in [5.41, 5.74) is 5.05. The van der Waals surface area contributed by atoms with E-state index in [-0.39, 0.29) is 5.91 Å². The summed E-state index contributed by atoms with van der Waals surface area (Å²) in [6.07, 6.45) is 11.6. The quantitative estimate of drug-likeness (QED) is 0.302. The molecule has 1 saturated heterocycles. The van der Waals surface area contributed by atoms with Crippen molar-refractivity contribution in [1.29, 1.82) is 0 Å². The van der Waals surface area contributed by atoms with E-state index < -0.39 is 0 Å². The van der Waals surface area contributed by atoms with Gasteiger partial charge in [-0.1, -0.05) is 30.9 Å². The van der Waals surface area contributed by atoms with E-state index >= 15 is 0 Å². The van der Waals surface area contributed by atoms with E-state index in [1.165, 1.54) is 11.6 Å². The van der Waals surface area contributed by atoms with Gasteiger partial charge in [0.15, 0.2) is 0 Å². The molecule has 41 heavy (non-hydrogen) atoms. The van der Waals surface area contributed by atoms with Crippen molar-refractivity contribution >= 4 is 23.2 Å². The monoisotopic (exact) mass is 552 g/mol. The van der Waals surface area contributed by atoms with Gasteiger partial charge in [-0.05, 0) is 86.7 Å². The third-order valence-corrected chi connectivity index (χ3v) is 7.61. The first-order chi connectivity index (χ1) is 20.1. The Morgan fingerprint density at radius 3 is 2.90 bits per heavy atom. The van der Waals surface area contributed by atoms with E-state index in [1.54, 1.807) is 6.20 Å². The standard InChI is InChI=1S/C33H40N6O2/c1-3-32(40)39-17-12-25(13-18-39)10-14-34-28-20-26-21-29(23-28)36-33-35-15-11-31(37-33)27-8-7-9-30(22-27)41-19-6-4-5-16-38(2)24-26/h3-5,7-9,11,15,20-23,25,34H,1,6,10,12-14,16-19,24H2,2H3,(H,35,36,37)/b5-4+. The van der Waals surface area contributed by atoms with E-state index in [9.17, 15) is 4.79 Å². The first-order valence-corrected chi connectivity index (χ1v) is 14.5. The average molecular weight is 553 g/mol. The van der Waals surface area contributed by atoms with Gasteiger partial charge in [-0.3, -0.25) is 9.69 Å². The molecule has 2 N–H and O–H groups in total. The molecular formula is C33H40N6O2. The van der Waals surface area contributed by atoms with Gasteiger partial charge in [0.1, 0.15) is 5.75 Å². The Labute approximate surface area is 243 Å². The van der Waals surface area contributed by atoms with E-state index in [2.05, 4.69) is 64.5 Å². The van der Waals surface area contributed by atoms with Gasteiger partial charge in [0.05, 0.1) is 12.3 Å². The highest BCUT2D eigenvalue weighted by atomic mass is 16.5. The van der Waals surface area contributed by atoms with Gasteiger partial charge in [-0.15, -0.1) is 0 Å². The molecule has 0 radical (unpaired) electrons. The molecule has 6 bridgehead atoms. The van der Waals surface area contributed by atoms with Crippen LogP contribution < -0.4 is 15.4 Å². The number of hydrogen-bond acceptors (Lipinski definition) is 7. The Kier molecular flexibility index (Phi) is 9.65.